The van der Waals surface area contributed by atoms with E-state index >= 15 is 0 Å². The second-order valence-electron chi connectivity index (χ2n) is 8.99. The van der Waals surface area contributed by atoms with Crippen LogP contribution < -0.4 is 4.74 Å². The van der Waals surface area contributed by atoms with E-state index in [1.807, 2.05) is 35.2 Å². The lowest BCUT2D eigenvalue weighted by Gasteiger charge is -2.33. The number of ether oxygens (including phenoxy) is 1. The average Bonchev–Trinajstić information content (AvgIpc) is 3.31. The first-order chi connectivity index (χ1) is 17.1. The van der Waals surface area contributed by atoms with Crippen LogP contribution in [0, 0.1) is 11.7 Å². The number of piperidine rings is 1. The molecule has 180 valence electrons. The minimum atomic E-state index is -0.341. The molecule has 0 bridgehead atoms. The fourth-order valence-electron chi connectivity index (χ4n) is 4.71. The zero-order valence-corrected chi connectivity index (χ0v) is 19.7. The average molecular weight is 474 g/mol. The van der Waals surface area contributed by atoms with Crippen molar-refractivity contribution < 1.29 is 13.9 Å². The van der Waals surface area contributed by atoms with Crippen LogP contribution >= 0.6 is 0 Å². The highest BCUT2D eigenvalue weighted by Crippen LogP contribution is 2.23. The summed E-state index contributed by atoms with van der Waals surface area (Å²) in [5.74, 6) is 1.54. The summed E-state index contributed by atoms with van der Waals surface area (Å²) in [7, 11) is 1.65. The van der Waals surface area contributed by atoms with Gasteiger partial charge in [0.15, 0.2) is 5.82 Å². The van der Waals surface area contributed by atoms with Crippen LogP contribution in [-0.2, 0) is 17.6 Å². The highest BCUT2D eigenvalue weighted by molar-refractivity contribution is 5.76. The van der Waals surface area contributed by atoms with E-state index in [0.717, 1.165) is 55.8 Å². The van der Waals surface area contributed by atoms with Crippen molar-refractivity contribution >= 4 is 11.6 Å². The first-order valence-corrected chi connectivity index (χ1v) is 11.9. The van der Waals surface area contributed by atoms with Gasteiger partial charge >= 0.3 is 0 Å². The second-order valence-corrected chi connectivity index (χ2v) is 8.99. The number of methoxy groups -OCH3 is 1. The van der Waals surface area contributed by atoms with Crippen molar-refractivity contribution in [2.45, 2.75) is 32.1 Å². The molecule has 4 aromatic rings. The van der Waals surface area contributed by atoms with Crippen LogP contribution in [0.4, 0.5) is 4.39 Å². The second kappa shape index (κ2) is 10.2. The summed E-state index contributed by atoms with van der Waals surface area (Å²) < 4.78 is 20.6. The van der Waals surface area contributed by atoms with Gasteiger partial charge in [0.2, 0.25) is 5.91 Å². The number of benzene rings is 1. The number of carbonyl (C=O) groups is 1. The predicted molar refractivity (Wildman–Crippen MR) is 130 cm³/mol. The van der Waals surface area contributed by atoms with Gasteiger partial charge in [-0.15, -0.1) is 0 Å². The van der Waals surface area contributed by atoms with Crippen LogP contribution in [0.1, 0.15) is 30.5 Å². The normalized spacial score (nSPS) is 15.9. The third-order valence-electron chi connectivity index (χ3n) is 6.57. The van der Waals surface area contributed by atoms with Gasteiger partial charge in [-0.1, -0.05) is 12.1 Å². The van der Waals surface area contributed by atoms with Gasteiger partial charge in [0, 0.05) is 37.6 Å². The van der Waals surface area contributed by atoms with Crippen LogP contribution in [0.15, 0.2) is 61.1 Å². The third-order valence-corrected chi connectivity index (χ3v) is 6.57. The summed E-state index contributed by atoms with van der Waals surface area (Å²) in [5.41, 5.74) is 3.35. The number of aromatic nitrogens is 4. The summed E-state index contributed by atoms with van der Waals surface area (Å²) in [6.07, 6.45) is 8.83. The lowest BCUT2D eigenvalue weighted by atomic mass is 9.93. The molecule has 1 aliphatic heterocycles. The van der Waals surface area contributed by atoms with Crippen molar-refractivity contribution in [1.29, 1.82) is 0 Å². The molecule has 0 spiro atoms. The van der Waals surface area contributed by atoms with E-state index in [1.165, 1.54) is 12.3 Å². The van der Waals surface area contributed by atoms with Gasteiger partial charge in [-0.2, -0.15) is 0 Å². The maximum atomic E-state index is 13.8. The summed E-state index contributed by atoms with van der Waals surface area (Å²) in [6.45, 7) is 1.54. The Bertz CT molecular complexity index is 1320. The minimum absolute atomic E-state index is 0.196. The topological polar surface area (TPSA) is 72.6 Å². The van der Waals surface area contributed by atoms with E-state index in [-0.39, 0.29) is 11.7 Å². The number of pyridine rings is 1. The van der Waals surface area contributed by atoms with Crippen molar-refractivity contribution in [3.63, 3.8) is 0 Å². The SMILES string of the molecule is COc1ccc(CCC(=O)N2CCC[C@@H](Cc3ccnc(-c4cnc5ccc(F)cn45)n3)C2)cc1. The highest BCUT2D eigenvalue weighted by Gasteiger charge is 2.24. The fraction of sp³-hybridized carbons (Fsp3) is 0.333. The fourth-order valence-corrected chi connectivity index (χ4v) is 4.71. The van der Waals surface area contributed by atoms with Crippen molar-refractivity contribution in [3.05, 3.63) is 78.1 Å². The van der Waals surface area contributed by atoms with E-state index in [0.29, 0.717) is 29.5 Å². The molecule has 1 atom stereocenters. The first kappa shape index (κ1) is 23.0. The number of aryl methyl sites for hydroxylation is 1. The van der Waals surface area contributed by atoms with Crippen LogP contribution in [0.25, 0.3) is 17.2 Å². The Labute approximate surface area is 203 Å². The zero-order chi connectivity index (χ0) is 24.2. The number of imidazole rings is 1. The number of hydrogen-bond acceptors (Lipinski definition) is 5. The molecule has 0 aliphatic carbocycles. The Balaban J connectivity index is 1.22. The van der Waals surface area contributed by atoms with Crippen molar-refractivity contribution in [3.8, 4) is 17.3 Å². The standard InChI is InChI=1S/C27H28FN5O2/c1-35-23-8-4-19(5-9-23)6-11-26(34)32-14-2-3-20(17-32)15-22-12-13-29-27(31-22)24-16-30-25-10-7-21(28)18-33(24)25/h4-5,7-10,12-13,16,18,20H,2-3,6,11,14-15,17H2,1H3/t20-/m0/s1. The molecule has 0 N–H and O–H groups in total. The number of hydrogen-bond donors (Lipinski definition) is 0. The number of rotatable bonds is 7. The number of fused-ring (bicyclic) bond motifs is 1. The van der Waals surface area contributed by atoms with Gasteiger partial charge in [0.05, 0.1) is 13.3 Å². The Morgan fingerprint density at radius 3 is 2.83 bits per heavy atom. The number of nitrogens with zero attached hydrogens (tertiary/aromatic N) is 5. The molecule has 1 saturated heterocycles. The molecule has 0 radical (unpaired) electrons. The zero-order valence-electron chi connectivity index (χ0n) is 19.7. The van der Waals surface area contributed by atoms with E-state index < -0.39 is 0 Å². The maximum absolute atomic E-state index is 13.8. The molecule has 7 nitrogen and oxygen atoms in total. The Hall–Kier alpha value is -3.81. The van der Waals surface area contributed by atoms with Gasteiger partial charge in [-0.05, 0) is 67.5 Å². The molecule has 5 rings (SSSR count). The molecule has 0 unspecified atom stereocenters. The largest absolute Gasteiger partial charge is 0.497 e. The lowest BCUT2D eigenvalue weighted by molar-refractivity contribution is -0.133. The van der Waals surface area contributed by atoms with Crippen LogP contribution in [0.5, 0.6) is 5.75 Å². The predicted octanol–water partition coefficient (Wildman–Crippen LogP) is 4.35. The summed E-state index contributed by atoms with van der Waals surface area (Å²) in [4.78, 5) is 28.3. The van der Waals surface area contributed by atoms with Gasteiger partial charge in [-0.3, -0.25) is 9.20 Å². The van der Waals surface area contributed by atoms with Gasteiger partial charge < -0.3 is 9.64 Å². The summed E-state index contributed by atoms with van der Waals surface area (Å²) in [5, 5.41) is 0. The Kier molecular flexibility index (Phi) is 6.70. The lowest BCUT2D eigenvalue weighted by Crippen LogP contribution is -2.40. The van der Waals surface area contributed by atoms with Crippen LogP contribution in [-0.4, -0.2) is 50.4 Å². The summed E-state index contributed by atoms with van der Waals surface area (Å²) in [6, 6.07) is 12.8. The molecule has 1 aromatic carbocycles. The number of amides is 1. The molecule has 3 aromatic heterocycles. The van der Waals surface area contributed by atoms with Gasteiger partial charge in [-0.25, -0.2) is 19.3 Å². The van der Waals surface area contributed by atoms with Gasteiger partial charge in [0.25, 0.3) is 0 Å². The highest BCUT2D eigenvalue weighted by atomic mass is 19.1. The van der Waals surface area contributed by atoms with E-state index in [4.69, 9.17) is 9.72 Å². The molecule has 35 heavy (non-hydrogen) atoms. The first-order valence-electron chi connectivity index (χ1n) is 11.9. The van der Waals surface area contributed by atoms with E-state index in [1.54, 1.807) is 30.0 Å². The number of carbonyl (C=O) groups excluding carboxylic acids is 1. The monoisotopic (exact) mass is 473 g/mol. The molecular formula is C27H28FN5O2. The van der Waals surface area contributed by atoms with Crippen molar-refractivity contribution in [1.82, 2.24) is 24.3 Å². The molecule has 1 amide bonds. The van der Waals surface area contributed by atoms with E-state index in [2.05, 4.69) is 9.97 Å². The molecule has 1 fully saturated rings. The minimum Gasteiger partial charge on any atom is -0.497 e. The van der Waals surface area contributed by atoms with E-state index in [9.17, 15) is 9.18 Å². The summed E-state index contributed by atoms with van der Waals surface area (Å²) >= 11 is 0. The number of halogens is 1. The van der Waals surface area contributed by atoms with Crippen LogP contribution in [0.3, 0.4) is 0 Å². The molecule has 4 heterocycles. The van der Waals surface area contributed by atoms with Gasteiger partial charge in [0.1, 0.15) is 22.9 Å². The molecule has 1 aliphatic rings. The van der Waals surface area contributed by atoms with Crippen molar-refractivity contribution in [2.24, 2.45) is 5.92 Å². The number of likely N-dealkylation sites (tertiary alicyclic amines) is 1. The molecule has 8 heteroatoms. The molecule has 0 saturated carbocycles. The Morgan fingerprint density at radius 1 is 1.14 bits per heavy atom. The quantitative estimate of drug-likeness (QED) is 0.399. The smallest absolute Gasteiger partial charge is 0.222 e. The Morgan fingerprint density at radius 2 is 2.00 bits per heavy atom. The van der Waals surface area contributed by atoms with Crippen LogP contribution in [0.2, 0.25) is 0 Å². The maximum Gasteiger partial charge on any atom is 0.222 e. The third kappa shape index (κ3) is 5.31. The molecular weight excluding hydrogens is 445 g/mol. The van der Waals surface area contributed by atoms with Crippen molar-refractivity contribution in [2.75, 3.05) is 20.2 Å².